The van der Waals surface area contributed by atoms with Crippen molar-refractivity contribution >= 4 is 17.3 Å². The Morgan fingerprint density at radius 3 is 2.75 bits per heavy atom. The van der Waals surface area contributed by atoms with Crippen molar-refractivity contribution < 1.29 is 4.39 Å². The number of benzene rings is 1. The van der Waals surface area contributed by atoms with Gasteiger partial charge in [-0.25, -0.2) is 4.39 Å². The Bertz CT molecular complexity index is 353. The molecule has 0 saturated carbocycles. The molecule has 1 aromatic carbocycles. The van der Waals surface area contributed by atoms with Gasteiger partial charge in [-0.2, -0.15) is 0 Å². The SMILES string of the molecule is CC(C)(CN)CCNc1cc(Cl)ccc1F. The molecule has 0 heterocycles. The lowest BCUT2D eigenvalue weighted by Crippen LogP contribution is -2.26. The fourth-order valence-corrected chi connectivity index (χ4v) is 1.44. The number of rotatable bonds is 5. The molecular formula is C12H18ClFN2. The van der Waals surface area contributed by atoms with Crippen LogP contribution in [0.15, 0.2) is 18.2 Å². The molecule has 0 saturated heterocycles. The van der Waals surface area contributed by atoms with Gasteiger partial charge < -0.3 is 11.1 Å². The predicted molar refractivity (Wildman–Crippen MR) is 67.4 cm³/mol. The molecule has 90 valence electrons. The number of nitrogens with one attached hydrogen (secondary N) is 1. The van der Waals surface area contributed by atoms with Crippen molar-refractivity contribution in [1.82, 2.24) is 0 Å². The van der Waals surface area contributed by atoms with Crippen molar-refractivity contribution in [2.24, 2.45) is 11.1 Å². The molecule has 0 radical (unpaired) electrons. The van der Waals surface area contributed by atoms with Crippen LogP contribution >= 0.6 is 11.6 Å². The van der Waals surface area contributed by atoms with E-state index in [1.54, 1.807) is 6.07 Å². The van der Waals surface area contributed by atoms with Crippen LogP contribution in [0.3, 0.4) is 0 Å². The van der Waals surface area contributed by atoms with Crippen LogP contribution in [0.4, 0.5) is 10.1 Å². The summed E-state index contributed by atoms with van der Waals surface area (Å²) in [6.45, 7) is 5.47. The molecule has 2 nitrogen and oxygen atoms in total. The van der Waals surface area contributed by atoms with Crippen LogP contribution in [-0.2, 0) is 0 Å². The summed E-state index contributed by atoms with van der Waals surface area (Å²) in [6, 6.07) is 4.48. The Labute approximate surface area is 101 Å². The van der Waals surface area contributed by atoms with E-state index in [0.717, 1.165) is 6.42 Å². The minimum absolute atomic E-state index is 0.0715. The molecule has 0 aromatic heterocycles. The summed E-state index contributed by atoms with van der Waals surface area (Å²) >= 11 is 5.79. The van der Waals surface area contributed by atoms with Gasteiger partial charge in [-0.3, -0.25) is 0 Å². The zero-order valence-electron chi connectivity index (χ0n) is 9.69. The van der Waals surface area contributed by atoms with Gasteiger partial charge in [0.05, 0.1) is 5.69 Å². The molecule has 0 aliphatic rings. The average molecular weight is 245 g/mol. The number of anilines is 1. The summed E-state index contributed by atoms with van der Waals surface area (Å²) in [5.41, 5.74) is 6.13. The van der Waals surface area contributed by atoms with Crippen LogP contribution in [0.1, 0.15) is 20.3 Å². The third-order valence-electron chi connectivity index (χ3n) is 2.60. The first-order chi connectivity index (χ1) is 7.44. The minimum atomic E-state index is -0.282. The highest BCUT2D eigenvalue weighted by atomic mass is 35.5. The smallest absolute Gasteiger partial charge is 0.146 e. The van der Waals surface area contributed by atoms with Gasteiger partial charge in [0.2, 0.25) is 0 Å². The lowest BCUT2D eigenvalue weighted by atomic mass is 9.90. The quantitative estimate of drug-likeness (QED) is 0.834. The normalized spacial score (nSPS) is 11.6. The van der Waals surface area contributed by atoms with E-state index in [-0.39, 0.29) is 11.2 Å². The molecule has 4 heteroatoms. The van der Waals surface area contributed by atoms with E-state index in [0.29, 0.717) is 23.8 Å². The topological polar surface area (TPSA) is 38.0 Å². The Kier molecular flexibility index (Phi) is 4.56. The molecule has 1 rings (SSSR count). The third kappa shape index (κ3) is 3.99. The van der Waals surface area contributed by atoms with Gasteiger partial charge in [-0.1, -0.05) is 25.4 Å². The highest BCUT2D eigenvalue weighted by Crippen LogP contribution is 2.22. The first-order valence-corrected chi connectivity index (χ1v) is 5.71. The minimum Gasteiger partial charge on any atom is -0.383 e. The van der Waals surface area contributed by atoms with Crippen molar-refractivity contribution in [2.75, 3.05) is 18.4 Å². The largest absolute Gasteiger partial charge is 0.383 e. The second-order valence-electron chi connectivity index (χ2n) is 4.67. The van der Waals surface area contributed by atoms with E-state index < -0.39 is 0 Å². The predicted octanol–water partition coefficient (Wildman–Crippen LogP) is 3.27. The van der Waals surface area contributed by atoms with E-state index in [4.69, 9.17) is 17.3 Å². The summed E-state index contributed by atoms with van der Waals surface area (Å²) in [5, 5.41) is 3.56. The molecule has 0 atom stereocenters. The van der Waals surface area contributed by atoms with Crippen LogP contribution in [0.25, 0.3) is 0 Å². The Morgan fingerprint density at radius 1 is 1.44 bits per heavy atom. The molecule has 0 spiro atoms. The highest BCUT2D eigenvalue weighted by Gasteiger charge is 2.14. The van der Waals surface area contributed by atoms with Crippen molar-refractivity contribution in [3.05, 3.63) is 29.0 Å². The van der Waals surface area contributed by atoms with Crippen molar-refractivity contribution in [2.45, 2.75) is 20.3 Å². The first-order valence-electron chi connectivity index (χ1n) is 5.33. The molecule has 0 unspecified atom stereocenters. The first kappa shape index (κ1) is 13.3. The maximum absolute atomic E-state index is 13.3. The van der Waals surface area contributed by atoms with Crippen LogP contribution < -0.4 is 11.1 Å². The summed E-state index contributed by atoms with van der Waals surface area (Å²) in [4.78, 5) is 0. The van der Waals surface area contributed by atoms with E-state index in [9.17, 15) is 4.39 Å². The molecule has 1 aromatic rings. The van der Waals surface area contributed by atoms with E-state index in [2.05, 4.69) is 19.2 Å². The van der Waals surface area contributed by atoms with Crippen LogP contribution in [0, 0.1) is 11.2 Å². The monoisotopic (exact) mass is 244 g/mol. The highest BCUT2D eigenvalue weighted by molar-refractivity contribution is 6.30. The van der Waals surface area contributed by atoms with Crippen molar-refractivity contribution in [3.8, 4) is 0 Å². The van der Waals surface area contributed by atoms with Gasteiger partial charge in [0, 0.05) is 11.6 Å². The maximum atomic E-state index is 13.3. The molecule has 3 N–H and O–H groups in total. The van der Waals surface area contributed by atoms with Crippen LogP contribution in [-0.4, -0.2) is 13.1 Å². The summed E-state index contributed by atoms with van der Waals surface area (Å²) in [7, 11) is 0. The van der Waals surface area contributed by atoms with Gasteiger partial charge in [0.25, 0.3) is 0 Å². The molecule has 0 fully saturated rings. The maximum Gasteiger partial charge on any atom is 0.146 e. The van der Waals surface area contributed by atoms with Gasteiger partial charge in [-0.15, -0.1) is 0 Å². The zero-order valence-corrected chi connectivity index (χ0v) is 10.4. The standard InChI is InChI=1S/C12H18ClFN2/c1-12(2,8-15)5-6-16-11-7-9(13)3-4-10(11)14/h3-4,7,16H,5-6,8,15H2,1-2H3. The van der Waals surface area contributed by atoms with E-state index in [1.807, 2.05) is 0 Å². The molecular weight excluding hydrogens is 227 g/mol. The second kappa shape index (κ2) is 5.51. The van der Waals surface area contributed by atoms with E-state index in [1.165, 1.54) is 12.1 Å². The van der Waals surface area contributed by atoms with Crippen LogP contribution in [0.2, 0.25) is 5.02 Å². The van der Waals surface area contributed by atoms with Gasteiger partial charge >= 0.3 is 0 Å². The van der Waals surface area contributed by atoms with Crippen molar-refractivity contribution in [1.29, 1.82) is 0 Å². The Hall–Kier alpha value is -0.800. The lowest BCUT2D eigenvalue weighted by molar-refractivity contribution is 0.358. The fraction of sp³-hybridized carbons (Fsp3) is 0.500. The summed E-state index contributed by atoms with van der Waals surface area (Å²) in [6.07, 6.45) is 0.884. The van der Waals surface area contributed by atoms with Crippen LogP contribution in [0.5, 0.6) is 0 Å². The molecule has 16 heavy (non-hydrogen) atoms. The molecule has 0 aliphatic heterocycles. The second-order valence-corrected chi connectivity index (χ2v) is 5.11. The van der Waals surface area contributed by atoms with Crippen molar-refractivity contribution in [3.63, 3.8) is 0 Å². The van der Waals surface area contributed by atoms with Gasteiger partial charge in [0.15, 0.2) is 0 Å². The van der Waals surface area contributed by atoms with E-state index >= 15 is 0 Å². The average Bonchev–Trinajstić information content (AvgIpc) is 2.23. The summed E-state index contributed by atoms with van der Waals surface area (Å²) < 4.78 is 13.3. The fourth-order valence-electron chi connectivity index (χ4n) is 1.27. The number of hydrogen-bond acceptors (Lipinski definition) is 2. The molecule has 0 aliphatic carbocycles. The number of nitrogens with two attached hydrogens (primary N) is 1. The van der Waals surface area contributed by atoms with Gasteiger partial charge in [-0.05, 0) is 36.6 Å². The molecule has 0 amide bonds. The number of hydrogen-bond donors (Lipinski definition) is 2. The lowest BCUT2D eigenvalue weighted by Gasteiger charge is -2.22. The Morgan fingerprint density at radius 2 is 2.12 bits per heavy atom. The third-order valence-corrected chi connectivity index (χ3v) is 2.83. The molecule has 0 bridgehead atoms. The Balaban J connectivity index is 2.52. The number of halogens is 2. The van der Waals surface area contributed by atoms with Gasteiger partial charge in [0.1, 0.15) is 5.82 Å². The summed E-state index contributed by atoms with van der Waals surface area (Å²) in [5.74, 6) is -0.282. The zero-order chi connectivity index (χ0) is 12.2.